The highest BCUT2D eigenvalue weighted by Crippen LogP contribution is 2.36. The van der Waals surface area contributed by atoms with Gasteiger partial charge < -0.3 is 18.9 Å². The number of aromatic nitrogens is 1. The summed E-state index contributed by atoms with van der Waals surface area (Å²) in [4.78, 5) is 30.2. The van der Waals surface area contributed by atoms with Gasteiger partial charge in [0, 0.05) is 44.4 Å². The summed E-state index contributed by atoms with van der Waals surface area (Å²) in [5.74, 6) is -0.366. The number of fused-ring (bicyclic) bond motifs is 1. The Labute approximate surface area is 228 Å². The second kappa shape index (κ2) is 10.6. The predicted molar refractivity (Wildman–Crippen MR) is 150 cm³/mol. The number of hydrogen-bond acceptors (Lipinski definition) is 3. The molecule has 1 saturated heterocycles. The first-order valence-electron chi connectivity index (χ1n) is 13.3. The van der Waals surface area contributed by atoms with Crippen molar-refractivity contribution in [3.8, 4) is 11.1 Å². The molecule has 7 heteroatoms. The summed E-state index contributed by atoms with van der Waals surface area (Å²) < 4.78 is 22.0. The molecule has 2 amide bonds. The van der Waals surface area contributed by atoms with Gasteiger partial charge in [0.15, 0.2) is 0 Å². The largest absolute Gasteiger partial charge is 0.444 e. The average Bonchev–Trinajstić information content (AvgIpc) is 3.24. The summed E-state index contributed by atoms with van der Waals surface area (Å²) in [6.07, 6.45) is 1.96. The van der Waals surface area contributed by atoms with Crippen molar-refractivity contribution in [2.45, 2.75) is 39.7 Å². The van der Waals surface area contributed by atoms with E-state index in [1.54, 1.807) is 22.8 Å². The molecule has 3 heterocycles. The molecule has 0 aliphatic carbocycles. The number of piperazine rings is 1. The lowest BCUT2D eigenvalue weighted by Crippen LogP contribution is -2.51. The molecule has 1 aliphatic rings. The van der Waals surface area contributed by atoms with Crippen molar-refractivity contribution in [1.82, 2.24) is 14.2 Å². The van der Waals surface area contributed by atoms with Crippen LogP contribution >= 0.6 is 0 Å². The first-order valence-corrected chi connectivity index (χ1v) is 13.3. The molecule has 0 spiro atoms. The minimum absolute atomic E-state index is 0.105. The number of benzene rings is 2. The van der Waals surface area contributed by atoms with Gasteiger partial charge in [0.05, 0.1) is 5.52 Å². The zero-order valence-electron chi connectivity index (χ0n) is 22.9. The number of ether oxygens (including phenoxy) is 1. The maximum absolute atomic E-state index is 14.5. The van der Waals surface area contributed by atoms with Crippen LogP contribution in [0.25, 0.3) is 16.6 Å². The second-order valence-electron chi connectivity index (χ2n) is 11.0. The molecule has 0 saturated carbocycles. The molecule has 1 aliphatic heterocycles. The summed E-state index contributed by atoms with van der Waals surface area (Å²) >= 11 is 0. The van der Waals surface area contributed by atoms with E-state index in [0.29, 0.717) is 43.9 Å². The smallest absolute Gasteiger partial charge is 0.410 e. The van der Waals surface area contributed by atoms with E-state index in [1.807, 2.05) is 86.0 Å². The molecule has 39 heavy (non-hydrogen) atoms. The number of carbonyl (C=O) groups is 2. The summed E-state index contributed by atoms with van der Waals surface area (Å²) in [6, 6.07) is 21.0. The highest BCUT2D eigenvalue weighted by molar-refractivity contribution is 6.01. The standard InChI is InChI=1S/C32H34FN3O3/c1-22-24(13-10-14-26(22)33)21-25-28(23-11-6-5-7-12-23)27-15-8-9-16-36(27)29(25)30(37)34-17-19-35(20-18-34)31(38)39-32(2,3)4/h5-16H,17-21H2,1-4H3. The molecule has 1 fully saturated rings. The number of rotatable bonds is 4. The molecule has 202 valence electrons. The van der Waals surface area contributed by atoms with Gasteiger partial charge in [0.1, 0.15) is 17.1 Å². The Morgan fingerprint density at radius 1 is 0.872 bits per heavy atom. The van der Waals surface area contributed by atoms with Crippen molar-refractivity contribution in [1.29, 1.82) is 0 Å². The van der Waals surface area contributed by atoms with Crippen LogP contribution in [0.15, 0.2) is 72.9 Å². The fourth-order valence-corrected chi connectivity index (χ4v) is 5.19. The summed E-state index contributed by atoms with van der Waals surface area (Å²) in [7, 11) is 0. The molecular weight excluding hydrogens is 493 g/mol. The summed E-state index contributed by atoms with van der Waals surface area (Å²) in [5, 5.41) is 0. The Morgan fingerprint density at radius 3 is 2.23 bits per heavy atom. The molecule has 0 bridgehead atoms. The minimum atomic E-state index is -0.577. The number of nitrogens with zero attached hydrogens (tertiary/aromatic N) is 3. The number of amides is 2. The third-order valence-corrected chi connectivity index (χ3v) is 7.18. The van der Waals surface area contributed by atoms with Crippen molar-refractivity contribution < 1.29 is 18.7 Å². The maximum Gasteiger partial charge on any atom is 0.410 e. The predicted octanol–water partition coefficient (Wildman–Crippen LogP) is 6.34. The van der Waals surface area contributed by atoms with Crippen LogP contribution in [0.5, 0.6) is 0 Å². The molecular formula is C32H34FN3O3. The van der Waals surface area contributed by atoms with Gasteiger partial charge in [-0.15, -0.1) is 0 Å². The SMILES string of the molecule is Cc1c(F)cccc1Cc1c(-c2ccccc2)c2ccccn2c1C(=O)N1CCN(C(=O)OC(C)(C)C)CC1. The average molecular weight is 528 g/mol. The lowest BCUT2D eigenvalue weighted by molar-refractivity contribution is 0.0140. The van der Waals surface area contributed by atoms with Crippen LogP contribution in [-0.4, -0.2) is 58.0 Å². The van der Waals surface area contributed by atoms with Gasteiger partial charge in [-0.1, -0.05) is 48.5 Å². The van der Waals surface area contributed by atoms with Gasteiger partial charge in [-0.25, -0.2) is 9.18 Å². The number of hydrogen-bond donors (Lipinski definition) is 0. The van der Waals surface area contributed by atoms with Crippen LogP contribution in [0.3, 0.4) is 0 Å². The van der Waals surface area contributed by atoms with Gasteiger partial charge in [0.2, 0.25) is 0 Å². The molecule has 5 rings (SSSR count). The number of carbonyl (C=O) groups excluding carboxylic acids is 2. The van der Waals surface area contributed by atoms with Crippen molar-refractivity contribution in [3.05, 3.63) is 101 Å². The van der Waals surface area contributed by atoms with Gasteiger partial charge in [-0.3, -0.25) is 4.79 Å². The monoisotopic (exact) mass is 527 g/mol. The van der Waals surface area contributed by atoms with Crippen LogP contribution in [-0.2, 0) is 11.2 Å². The molecule has 4 aromatic rings. The summed E-state index contributed by atoms with van der Waals surface area (Å²) in [6.45, 7) is 8.90. The van der Waals surface area contributed by atoms with E-state index in [9.17, 15) is 14.0 Å². The van der Waals surface area contributed by atoms with Gasteiger partial charge >= 0.3 is 6.09 Å². The first-order chi connectivity index (χ1) is 18.6. The zero-order chi connectivity index (χ0) is 27.7. The molecule has 0 atom stereocenters. The van der Waals surface area contributed by atoms with Crippen molar-refractivity contribution >= 4 is 17.5 Å². The van der Waals surface area contributed by atoms with Crippen LogP contribution in [0.1, 0.15) is 48.0 Å². The Balaban J connectivity index is 1.56. The van der Waals surface area contributed by atoms with Crippen molar-refractivity contribution in [3.63, 3.8) is 0 Å². The van der Waals surface area contributed by atoms with E-state index in [0.717, 1.165) is 27.8 Å². The number of pyridine rings is 1. The third kappa shape index (κ3) is 5.39. The molecule has 0 N–H and O–H groups in total. The van der Waals surface area contributed by atoms with Crippen molar-refractivity contribution in [2.75, 3.05) is 26.2 Å². The Kier molecular flexibility index (Phi) is 7.17. The second-order valence-corrected chi connectivity index (χ2v) is 11.0. The molecule has 2 aromatic carbocycles. The first kappa shape index (κ1) is 26.5. The van der Waals surface area contributed by atoms with Gasteiger partial charge in [-0.2, -0.15) is 0 Å². The lowest BCUT2D eigenvalue weighted by Gasteiger charge is -2.35. The van der Waals surface area contributed by atoms with Crippen molar-refractivity contribution in [2.24, 2.45) is 0 Å². The minimum Gasteiger partial charge on any atom is -0.444 e. The van der Waals surface area contributed by atoms with E-state index in [4.69, 9.17) is 4.74 Å². The molecule has 2 aromatic heterocycles. The Morgan fingerprint density at radius 2 is 1.54 bits per heavy atom. The Hall–Kier alpha value is -4.13. The quantitative estimate of drug-likeness (QED) is 0.311. The molecule has 0 radical (unpaired) electrons. The van der Waals surface area contributed by atoms with E-state index < -0.39 is 5.60 Å². The molecule has 0 unspecified atom stereocenters. The van der Waals surface area contributed by atoms with Crippen LogP contribution < -0.4 is 0 Å². The van der Waals surface area contributed by atoms with E-state index in [1.165, 1.54) is 6.07 Å². The highest BCUT2D eigenvalue weighted by atomic mass is 19.1. The van der Waals surface area contributed by atoms with E-state index >= 15 is 0 Å². The molecule has 6 nitrogen and oxygen atoms in total. The fraction of sp³-hybridized carbons (Fsp3) is 0.312. The number of halogens is 1. The zero-order valence-corrected chi connectivity index (χ0v) is 22.9. The normalized spacial score (nSPS) is 14.1. The van der Waals surface area contributed by atoms with Gasteiger partial charge in [-0.05, 0) is 68.1 Å². The van der Waals surface area contributed by atoms with Crippen LogP contribution in [0.4, 0.5) is 9.18 Å². The van der Waals surface area contributed by atoms with Crippen LogP contribution in [0, 0.1) is 12.7 Å². The van der Waals surface area contributed by atoms with E-state index in [2.05, 4.69) is 0 Å². The Bertz CT molecular complexity index is 1510. The summed E-state index contributed by atoms with van der Waals surface area (Å²) in [5.41, 5.74) is 5.16. The maximum atomic E-state index is 14.5. The lowest BCUT2D eigenvalue weighted by atomic mass is 9.93. The van der Waals surface area contributed by atoms with Crippen LogP contribution in [0.2, 0.25) is 0 Å². The third-order valence-electron chi connectivity index (χ3n) is 7.18. The van der Waals surface area contributed by atoms with Gasteiger partial charge in [0.25, 0.3) is 5.91 Å². The fourth-order valence-electron chi connectivity index (χ4n) is 5.19. The highest BCUT2D eigenvalue weighted by Gasteiger charge is 2.32. The topological polar surface area (TPSA) is 54.3 Å². The van der Waals surface area contributed by atoms with E-state index in [-0.39, 0.29) is 17.8 Å².